The third-order valence-corrected chi connectivity index (χ3v) is 3.74. The van der Waals surface area contributed by atoms with Crippen LogP contribution < -0.4 is 4.74 Å². The van der Waals surface area contributed by atoms with Gasteiger partial charge in [-0.15, -0.1) is 0 Å². The largest absolute Gasteiger partial charge is 0.493 e. The van der Waals surface area contributed by atoms with Crippen LogP contribution >= 0.6 is 0 Å². The van der Waals surface area contributed by atoms with E-state index in [-0.39, 0.29) is 31.3 Å². The molecule has 1 aromatic carbocycles. The van der Waals surface area contributed by atoms with E-state index >= 15 is 0 Å². The summed E-state index contributed by atoms with van der Waals surface area (Å²) in [6, 6.07) is 5.57. The molecule has 0 radical (unpaired) electrons. The van der Waals surface area contributed by atoms with Crippen LogP contribution in [-0.4, -0.2) is 41.6 Å². The molecule has 1 N–H and O–H groups in total. The number of benzene rings is 1. The minimum Gasteiger partial charge on any atom is -0.493 e. The third-order valence-electron chi connectivity index (χ3n) is 3.74. The van der Waals surface area contributed by atoms with Crippen LogP contribution in [0.25, 0.3) is 0 Å². The van der Waals surface area contributed by atoms with Gasteiger partial charge in [0.15, 0.2) is 0 Å². The molecule has 1 aliphatic rings. The first-order valence-electron chi connectivity index (χ1n) is 6.80. The van der Waals surface area contributed by atoms with E-state index in [1.54, 1.807) is 11.8 Å². The van der Waals surface area contributed by atoms with Gasteiger partial charge in [-0.2, -0.15) is 0 Å². The lowest BCUT2D eigenvalue weighted by Crippen LogP contribution is -2.35. The highest BCUT2D eigenvalue weighted by molar-refractivity contribution is 5.80. The number of rotatable bonds is 5. The standard InChI is InChI=1S/C15H18FNO4/c1-15(14(19)20)7-8-17(10-15)13(18)6-9-21-12-4-2-11(16)3-5-12/h2-5H,6-10H2,1H3,(H,19,20)/t15-/m1/s1. The van der Waals surface area contributed by atoms with Gasteiger partial charge >= 0.3 is 5.97 Å². The normalized spacial score (nSPS) is 21.3. The first-order valence-corrected chi connectivity index (χ1v) is 6.80. The van der Waals surface area contributed by atoms with Crippen molar-refractivity contribution in [2.45, 2.75) is 19.8 Å². The van der Waals surface area contributed by atoms with E-state index in [9.17, 15) is 14.0 Å². The second kappa shape index (κ2) is 6.11. The summed E-state index contributed by atoms with van der Waals surface area (Å²) in [5.41, 5.74) is -0.854. The molecule has 1 heterocycles. The first kappa shape index (κ1) is 15.3. The number of carboxylic acid groups (broad SMARTS) is 1. The van der Waals surface area contributed by atoms with Gasteiger partial charge in [-0.25, -0.2) is 4.39 Å². The summed E-state index contributed by atoms with van der Waals surface area (Å²) in [6.07, 6.45) is 0.639. The summed E-state index contributed by atoms with van der Waals surface area (Å²) in [6.45, 7) is 2.53. The lowest BCUT2D eigenvalue weighted by molar-refractivity contribution is -0.147. The SMILES string of the molecule is C[C@@]1(C(=O)O)CCN(C(=O)CCOc2ccc(F)cc2)C1. The number of halogens is 1. The quantitative estimate of drug-likeness (QED) is 0.901. The molecule has 6 heteroatoms. The van der Waals surface area contributed by atoms with Gasteiger partial charge in [0.25, 0.3) is 0 Å². The zero-order chi connectivity index (χ0) is 15.5. The highest BCUT2D eigenvalue weighted by atomic mass is 19.1. The molecule has 5 nitrogen and oxygen atoms in total. The Hall–Kier alpha value is -2.11. The van der Waals surface area contributed by atoms with Gasteiger partial charge in [-0.1, -0.05) is 0 Å². The van der Waals surface area contributed by atoms with Crippen LogP contribution in [0.15, 0.2) is 24.3 Å². The Bertz CT molecular complexity index is 531. The summed E-state index contributed by atoms with van der Waals surface area (Å²) in [5, 5.41) is 9.13. The number of aliphatic carboxylic acids is 1. The lowest BCUT2D eigenvalue weighted by Gasteiger charge is -2.20. The van der Waals surface area contributed by atoms with Crippen LogP contribution in [0, 0.1) is 11.2 Å². The van der Waals surface area contributed by atoms with Gasteiger partial charge in [0.1, 0.15) is 11.6 Å². The number of carbonyl (C=O) groups excluding carboxylic acids is 1. The zero-order valence-corrected chi connectivity index (χ0v) is 11.8. The maximum absolute atomic E-state index is 12.7. The van der Waals surface area contributed by atoms with Crippen LogP contribution in [0.5, 0.6) is 5.75 Å². The number of hydrogen-bond acceptors (Lipinski definition) is 3. The average Bonchev–Trinajstić information content (AvgIpc) is 2.85. The number of ether oxygens (including phenoxy) is 1. The van der Waals surface area contributed by atoms with E-state index < -0.39 is 11.4 Å². The van der Waals surface area contributed by atoms with Crippen LogP contribution in [0.3, 0.4) is 0 Å². The number of nitrogens with zero attached hydrogens (tertiary/aromatic N) is 1. The van der Waals surface area contributed by atoms with E-state index in [0.29, 0.717) is 18.7 Å². The first-order chi connectivity index (χ1) is 9.90. The van der Waals surface area contributed by atoms with Gasteiger partial charge < -0.3 is 14.7 Å². The second-order valence-corrected chi connectivity index (χ2v) is 5.48. The van der Waals surface area contributed by atoms with E-state index in [1.807, 2.05) is 0 Å². The van der Waals surface area contributed by atoms with Crippen molar-refractivity contribution < 1.29 is 23.8 Å². The lowest BCUT2D eigenvalue weighted by atomic mass is 9.90. The molecule has 114 valence electrons. The van der Waals surface area contributed by atoms with Gasteiger partial charge in [-0.05, 0) is 37.6 Å². The van der Waals surface area contributed by atoms with Crippen molar-refractivity contribution in [1.82, 2.24) is 4.90 Å². The summed E-state index contributed by atoms with van der Waals surface area (Å²) in [7, 11) is 0. The molecule has 0 saturated carbocycles. The van der Waals surface area contributed by atoms with Crippen molar-refractivity contribution in [2.24, 2.45) is 5.41 Å². The molecule has 1 saturated heterocycles. The Morgan fingerprint density at radius 1 is 1.38 bits per heavy atom. The molecule has 1 amide bonds. The summed E-state index contributed by atoms with van der Waals surface area (Å²) >= 11 is 0. The Kier molecular flexibility index (Phi) is 4.45. The molecule has 1 fully saturated rings. The Labute approximate surface area is 122 Å². The smallest absolute Gasteiger partial charge is 0.311 e. The van der Waals surface area contributed by atoms with Gasteiger partial charge in [0.05, 0.1) is 18.4 Å². The average molecular weight is 295 g/mol. The van der Waals surface area contributed by atoms with Crippen LogP contribution in [0.4, 0.5) is 4.39 Å². The zero-order valence-electron chi connectivity index (χ0n) is 11.8. The predicted molar refractivity (Wildman–Crippen MR) is 73.5 cm³/mol. The minimum atomic E-state index is -0.875. The van der Waals surface area contributed by atoms with E-state index in [1.165, 1.54) is 24.3 Å². The fraction of sp³-hybridized carbons (Fsp3) is 0.467. The molecule has 0 bridgehead atoms. The van der Waals surface area contributed by atoms with Crippen molar-refractivity contribution in [1.29, 1.82) is 0 Å². The maximum atomic E-state index is 12.7. The molecule has 0 aromatic heterocycles. The molecule has 2 rings (SSSR count). The van der Waals surface area contributed by atoms with E-state index in [4.69, 9.17) is 9.84 Å². The highest BCUT2D eigenvalue weighted by Crippen LogP contribution is 2.30. The molecule has 1 aromatic rings. The molecule has 21 heavy (non-hydrogen) atoms. The number of amides is 1. The molecule has 1 atom stereocenters. The number of hydrogen-bond donors (Lipinski definition) is 1. The van der Waals surface area contributed by atoms with Gasteiger partial charge in [0.2, 0.25) is 5.91 Å². The summed E-state index contributed by atoms with van der Waals surface area (Å²) in [4.78, 5) is 24.7. The van der Waals surface area contributed by atoms with Crippen molar-refractivity contribution in [2.75, 3.05) is 19.7 Å². The van der Waals surface area contributed by atoms with Crippen molar-refractivity contribution in [3.63, 3.8) is 0 Å². The molecule has 0 spiro atoms. The highest BCUT2D eigenvalue weighted by Gasteiger charge is 2.41. The van der Waals surface area contributed by atoms with Crippen molar-refractivity contribution in [3.05, 3.63) is 30.1 Å². The monoisotopic (exact) mass is 295 g/mol. The fourth-order valence-electron chi connectivity index (χ4n) is 2.29. The van der Waals surface area contributed by atoms with Crippen LogP contribution in [0.2, 0.25) is 0 Å². The minimum absolute atomic E-state index is 0.123. The van der Waals surface area contributed by atoms with Gasteiger partial charge in [0, 0.05) is 13.1 Å². The molecular formula is C15H18FNO4. The number of carbonyl (C=O) groups is 2. The second-order valence-electron chi connectivity index (χ2n) is 5.48. The Balaban J connectivity index is 1.78. The molecule has 0 aliphatic carbocycles. The van der Waals surface area contributed by atoms with E-state index in [0.717, 1.165) is 0 Å². The maximum Gasteiger partial charge on any atom is 0.311 e. The predicted octanol–water partition coefficient (Wildman–Crippen LogP) is 1.92. The van der Waals surface area contributed by atoms with Crippen molar-refractivity contribution in [3.8, 4) is 5.75 Å². The number of carboxylic acids is 1. The van der Waals surface area contributed by atoms with Gasteiger partial charge in [-0.3, -0.25) is 9.59 Å². The Morgan fingerprint density at radius 2 is 2.05 bits per heavy atom. The Morgan fingerprint density at radius 3 is 2.62 bits per heavy atom. The fourth-order valence-corrected chi connectivity index (χ4v) is 2.29. The summed E-state index contributed by atoms with van der Waals surface area (Å²) < 4.78 is 18.1. The third kappa shape index (κ3) is 3.71. The number of likely N-dealkylation sites (tertiary alicyclic amines) is 1. The van der Waals surface area contributed by atoms with Crippen LogP contribution in [-0.2, 0) is 9.59 Å². The topological polar surface area (TPSA) is 66.8 Å². The van der Waals surface area contributed by atoms with Crippen LogP contribution in [0.1, 0.15) is 19.8 Å². The molecule has 1 aliphatic heterocycles. The summed E-state index contributed by atoms with van der Waals surface area (Å²) in [5.74, 6) is -0.841. The van der Waals surface area contributed by atoms with E-state index in [2.05, 4.69) is 0 Å². The molecule has 0 unspecified atom stereocenters. The van der Waals surface area contributed by atoms with Crippen molar-refractivity contribution >= 4 is 11.9 Å². The molecular weight excluding hydrogens is 277 g/mol.